The van der Waals surface area contributed by atoms with E-state index in [1.165, 1.54) is 0 Å². The zero-order valence-corrected chi connectivity index (χ0v) is 12.6. The summed E-state index contributed by atoms with van der Waals surface area (Å²) in [5, 5.41) is 2.91. The van der Waals surface area contributed by atoms with Gasteiger partial charge in [0.15, 0.2) is 0 Å². The molecule has 5 heteroatoms. The molecule has 1 N–H and O–H groups in total. The molecule has 0 saturated carbocycles. The van der Waals surface area contributed by atoms with Gasteiger partial charge in [0.25, 0.3) is 0 Å². The van der Waals surface area contributed by atoms with Crippen LogP contribution in [0, 0.1) is 0 Å². The zero-order chi connectivity index (χ0) is 14.9. The summed E-state index contributed by atoms with van der Waals surface area (Å²) in [6.45, 7) is 3.76. The highest BCUT2D eigenvalue weighted by Crippen LogP contribution is 2.08. The molecular formula is C16H24N2O3. The lowest BCUT2D eigenvalue weighted by Crippen LogP contribution is -2.41. The minimum absolute atomic E-state index is 0.0232. The minimum Gasteiger partial charge on any atom is -0.493 e. The first-order valence-electron chi connectivity index (χ1n) is 7.49. The van der Waals surface area contributed by atoms with Crippen LogP contribution in [0.1, 0.15) is 12.8 Å². The van der Waals surface area contributed by atoms with Crippen LogP contribution in [-0.2, 0) is 9.53 Å². The maximum atomic E-state index is 11.7. The van der Waals surface area contributed by atoms with Gasteiger partial charge in [0.2, 0.25) is 5.91 Å². The topological polar surface area (TPSA) is 50.8 Å². The van der Waals surface area contributed by atoms with Crippen molar-refractivity contribution in [2.24, 2.45) is 0 Å². The number of morpholine rings is 1. The molecular weight excluding hydrogens is 268 g/mol. The minimum atomic E-state index is 0.0232. The Hall–Kier alpha value is -1.59. The molecule has 1 aromatic carbocycles. The molecule has 1 unspecified atom stereocenters. The molecule has 0 bridgehead atoms. The van der Waals surface area contributed by atoms with Gasteiger partial charge in [-0.05, 0) is 25.6 Å². The van der Waals surface area contributed by atoms with Crippen molar-refractivity contribution in [1.29, 1.82) is 0 Å². The fourth-order valence-corrected chi connectivity index (χ4v) is 2.28. The van der Waals surface area contributed by atoms with Crippen molar-refractivity contribution in [3.05, 3.63) is 30.3 Å². The Labute approximate surface area is 126 Å². The van der Waals surface area contributed by atoms with E-state index in [0.29, 0.717) is 19.6 Å². The highest BCUT2D eigenvalue weighted by atomic mass is 16.5. The van der Waals surface area contributed by atoms with Crippen molar-refractivity contribution in [2.45, 2.75) is 18.9 Å². The van der Waals surface area contributed by atoms with E-state index in [4.69, 9.17) is 9.47 Å². The molecule has 21 heavy (non-hydrogen) atoms. The Morgan fingerprint density at radius 2 is 2.24 bits per heavy atom. The summed E-state index contributed by atoms with van der Waals surface area (Å²) in [6, 6.07) is 9.53. The number of carbonyl (C=O) groups is 1. The molecule has 116 valence electrons. The fourth-order valence-electron chi connectivity index (χ4n) is 2.28. The van der Waals surface area contributed by atoms with E-state index in [-0.39, 0.29) is 12.0 Å². The number of ether oxygens (including phenoxy) is 2. The van der Waals surface area contributed by atoms with E-state index in [0.717, 1.165) is 31.9 Å². The van der Waals surface area contributed by atoms with Crippen LogP contribution in [0.15, 0.2) is 30.3 Å². The lowest BCUT2D eigenvalue weighted by Gasteiger charge is -2.30. The van der Waals surface area contributed by atoms with Gasteiger partial charge in [0.05, 0.1) is 25.7 Å². The van der Waals surface area contributed by atoms with Crippen LogP contribution >= 0.6 is 0 Å². The van der Waals surface area contributed by atoms with Crippen molar-refractivity contribution < 1.29 is 14.3 Å². The van der Waals surface area contributed by atoms with Gasteiger partial charge >= 0.3 is 0 Å². The number of nitrogens with zero attached hydrogens (tertiary/aromatic N) is 1. The summed E-state index contributed by atoms with van der Waals surface area (Å²) in [6.07, 6.45) is 1.46. The number of rotatable bonds is 7. The van der Waals surface area contributed by atoms with E-state index < -0.39 is 0 Å². The van der Waals surface area contributed by atoms with Gasteiger partial charge in [-0.1, -0.05) is 18.2 Å². The normalized spacial score (nSPS) is 19.2. The number of carbonyl (C=O) groups excluding carboxylic acids is 1. The maximum Gasteiger partial charge on any atom is 0.223 e. The van der Waals surface area contributed by atoms with Gasteiger partial charge in [0.1, 0.15) is 5.75 Å². The monoisotopic (exact) mass is 292 g/mol. The van der Waals surface area contributed by atoms with Crippen LogP contribution in [0.25, 0.3) is 0 Å². The van der Waals surface area contributed by atoms with E-state index in [1.807, 2.05) is 30.3 Å². The van der Waals surface area contributed by atoms with Gasteiger partial charge in [-0.3, -0.25) is 4.79 Å². The van der Waals surface area contributed by atoms with Crippen molar-refractivity contribution in [2.75, 3.05) is 39.9 Å². The van der Waals surface area contributed by atoms with Crippen molar-refractivity contribution in [3.63, 3.8) is 0 Å². The van der Waals surface area contributed by atoms with Gasteiger partial charge in [-0.15, -0.1) is 0 Å². The number of amides is 1. The summed E-state index contributed by atoms with van der Waals surface area (Å²) >= 11 is 0. The van der Waals surface area contributed by atoms with Crippen LogP contribution in [0.3, 0.4) is 0 Å². The fraction of sp³-hybridized carbons (Fsp3) is 0.562. The molecule has 1 aromatic rings. The lowest BCUT2D eigenvalue weighted by atomic mass is 10.2. The quantitative estimate of drug-likeness (QED) is 0.823. The standard InChI is InChI=1S/C16H24N2O3/c1-18-10-12-21-15(13-18)7-9-17-16(19)8-11-20-14-5-3-2-4-6-14/h2-6,15H,7-13H2,1H3,(H,17,19). The average Bonchev–Trinajstić information content (AvgIpc) is 2.48. The van der Waals surface area contributed by atoms with Crippen LogP contribution < -0.4 is 10.1 Å². The third-order valence-electron chi connectivity index (χ3n) is 3.47. The SMILES string of the molecule is CN1CCOC(CCNC(=O)CCOc2ccccc2)C1. The van der Waals surface area contributed by atoms with E-state index in [9.17, 15) is 4.79 Å². The molecule has 0 spiro atoms. The Morgan fingerprint density at radius 1 is 1.43 bits per heavy atom. The average molecular weight is 292 g/mol. The zero-order valence-electron chi connectivity index (χ0n) is 12.6. The Balaban J connectivity index is 1.53. The van der Waals surface area contributed by atoms with Gasteiger partial charge in [-0.2, -0.15) is 0 Å². The molecule has 2 rings (SSSR count). The largest absolute Gasteiger partial charge is 0.493 e. The van der Waals surface area contributed by atoms with Gasteiger partial charge < -0.3 is 19.7 Å². The number of nitrogens with one attached hydrogen (secondary N) is 1. The van der Waals surface area contributed by atoms with Crippen LogP contribution in [0.5, 0.6) is 5.75 Å². The predicted molar refractivity (Wildman–Crippen MR) is 81.4 cm³/mol. The molecule has 1 fully saturated rings. The highest BCUT2D eigenvalue weighted by molar-refractivity contribution is 5.75. The van der Waals surface area contributed by atoms with Gasteiger partial charge in [0, 0.05) is 19.6 Å². The third-order valence-corrected chi connectivity index (χ3v) is 3.47. The van der Waals surface area contributed by atoms with Gasteiger partial charge in [-0.25, -0.2) is 0 Å². The Kier molecular flexibility index (Phi) is 6.50. The number of hydrogen-bond donors (Lipinski definition) is 1. The summed E-state index contributed by atoms with van der Waals surface area (Å²) < 4.78 is 11.1. The molecule has 0 aromatic heterocycles. The second-order valence-corrected chi connectivity index (χ2v) is 5.31. The van der Waals surface area contributed by atoms with Crippen LogP contribution in [0.2, 0.25) is 0 Å². The summed E-state index contributed by atoms with van der Waals surface area (Å²) in [5.74, 6) is 0.819. The van der Waals surface area contributed by atoms with Crippen LogP contribution in [0.4, 0.5) is 0 Å². The molecule has 1 saturated heterocycles. The molecule has 5 nitrogen and oxygen atoms in total. The molecule has 0 aliphatic carbocycles. The maximum absolute atomic E-state index is 11.7. The molecule has 1 aliphatic rings. The molecule has 1 atom stereocenters. The second-order valence-electron chi connectivity index (χ2n) is 5.31. The number of likely N-dealkylation sites (N-methyl/N-ethyl adjacent to an activating group) is 1. The molecule has 1 heterocycles. The number of benzene rings is 1. The summed E-state index contributed by atoms with van der Waals surface area (Å²) in [5.41, 5.74) is 0. The van der Waals surface area contributed by atoms with E-state index in [2.05, 4.69) is 17.3 Å². The summed E-state index contributed by atoms with van der Waals surface area (Å²) in [7, 11) is 2.09. The smallest absolute Gasteiger partial charge is 0.223 e. The molecule has 0 radical (unpaired) electrons. The van der Waals surface area contributed by atoms with Crippen molar-refractivity contribution >= 4 is 5.91 Å². The first-order chi connectivity index (χ1) is 10.2. The first-order valence-corrected chi connectivity index (χ1v) is 7.49. The van der Waals surface area contributed by atoms with E-state index in [1.54, 1.807) is 0 Å². The molecule has 1 aliphatic heterocycles. The third kappa shape index (κ3) is 6.14. The summed E-state index contributed by atoms with van der Waals surface area (Å²) in [4.78, 5) is 14.0. The van der Waals surface area contributed by atoms with Crippen LogP contribution in [-0.4, -0.2) is 56.8 Å². The highest BCUT2D eigenvalue weighted by Gasteiger charge is 2.17. The lowest BCUT2D eigenvalue weighted by molar-refractivity contribution is -0.121. The second kappa shape index (κ2) is 8.64. The number of hydrogen-bond acceptors (Lipinski definition) is 4. The van der Waals surface area contributed by atoms with E-state index >= 15 is 0 Å². The van der Waals surface area contributed by atoms with Crippen molar-refractivity contribution in [3.8, 4) is 5.75 Å². The molecule has 1 amide bonds. The predicted octanol–water partition coefficient (Wildman–Crippen LogP) is 1.29. The van der Waals surface area contributed by atoms with Crippen molar-refractivity contribution in [1.82, 2.24) is 10.2 Å². The Bertz CT molecular complexity index is 425. The first kappa shape index (κ1) is 15.8. The Morgan fingerprint density at radius 3 is 3.00 bits per heavy atom. The number of para-hydroxylation sites is 1.